The minimum Gasteiger partial charge on any atom is -0.480 e. The van der Waals surface area contributed by atoms with Gasteiger partial charge in [0.25, 0.3) is 0 Å². The van der Waals surface area contributed by atoms with Gasteiger partial charge in [0.2, 0.25) is 31.9 Å². The van der Waals surface area contributed by atoms with Gasteiger partial charge in [0.05, 0.1) is 42.5 Å². The highest BCUT2D eigenvalue weighted by molar-refractivity contribution is 7.90. The van der Waals surface area contributed by atoms with Crippen LogP contribution in [0.2, 0.25) is 0 Å². The Kier molecular flexibility index (Phi) is 24.2. The fourth-order valence-electron chi connectivity index (χ4n) is 8.36. The largest absolute Gasteiger partial charge is 0.480 e. The van der Waals surface area contributed by atoms with Crippen LogP contribution in [0.25, 0.3) is 21.5 Å². The molecule has 4 aromatic carbocycles. The number of carbonyl (C=O) groups is 5. The molecule has 0 aromatic heterocycles. The average molecular weight is 1060 g/mol. The number of carbonyl (C=O) groups excluding carboxylic acids is 2. The highest BCUT2D eigenvalue weighted by Gasteiger charge is 2.22. The molecule has 4 rings (SSSR count). The summed E-state index contributed by atoms with van der Waals surface area (Å²) in [5.74, 6) is -4.41. The lowest BCUT2D eigenvalue weighted by Crippen LogP contribution is -2.48. The summed E-state index contributed by atoms with van der Waals surface area (Å²) in [5, 5.41) is 36.8. The Hall–Kier alpha value is -5.95. The number of benzene rings is 4. The summed E-state index contributed by atoms with van der Waals surface area (Å²) in [6, 6.07) is 21.5. The summed E-state index contributed by atoms with van der Waals surface area (Å²) in [4.78, 5) is 69.3. The Morgan fingerprint density at radius 1 is 0.411 bits per heavy atom. The number of hydrogen-bond donors (Lipinski definition) is 7. The molecule has 73 heavy (non-hydrogen) atoms. The number of carboxylic acid groups (broad SMARTS) is 3. The number of amides is 2. The maximum absolute atomic E-state index is 13.3. The normalized spacial score (nSPS) is 11.9. The van der Waals surface area contributed by atoms with Crippen LogP contribution in [0.4, 0.5) is 11.4 Å². The molecule has 0 saturated carbocycles. The molecule has 0 unspecified atom stereocenters. The molecule has 0 aliphatic carbocycles. The summed E-state index contributed by atoms with van der Waals surface area (Å²) in [7, 11) is 0.0485. The molecular weight excluding hydrogens is 983 g/mol. The van der Waals surface area contributed by atoms with E-state index in [2.05, 4.69) is 20.1 Å². The molecule has 0 bridgehead atoms. The van der Waals surface area contributed by atoms with Gasteiger partial charge >= 0.3 is 17.9 Å². The molecule has 0 aliphatic heterocycles. The molecule has 0 aliphatic rings. The van der Waals surface area contributed by atoms with Gasteiger partial charge in [-0.1, -0.05) is 74.2 Å². The number of sulfonamides is 2. The van der Waals surface area contributed by atoms with Crippen molar-refractivity contribution < 1.29 is 56.1 Å². The molecule has 4 aromatic rings. The lowest BCUT2D eigenvalue weighted by Gasteiger charge is -2.28. The molecule has 23 heteroatoms. The van der Waals surface area contributed by atoms with E-state index in [0.29, 0.717) is 75.2 Å². The van der Waals surface area contributed by atoms with Gasteiger partial charge in [-0.15, -0.1) is 0 Å². The van der Waals surface area contributed by atoms with E-state index in [-0.39, 0.29) is 74.0 Å². The van der Waals surface area contributed by atoms with Crippen molar-refractivity contribution in [2.24, 2.45) is 0 Å². The van der Waals surface area contributed by atoms with Crippen molar-refractivity contribution in [3.05, 3.63) is 72.8 Å². The minimum atomic E-state index is -3.78. The van der Waals surface area contributed by atoms with E-state index in [1.165, 1.54) is 4.90 Å². The van der Waals surface area contributed by atoms with Gasteiger partial charge < -0.3 is 35.8 Å². The number of unbranched alkanes of at least 4 members (excludes halogenated alkanes) is 6. The van der Waals surface area contributed by atoms with Crippen molar-refractivity contribution in [2.45, 2.75) is 61.2 Å². The maximum atomic E-state index is 13.3. The lowest BCUT2D eigenvalue weighted by molar-refractivity contribution is -0.143. The van der Waals surface area contributed by atoms with Crippen molar-refractivity contribution in [3.8, 4) is 0 Å². The van der Waals surface area contributed by atoms with Gasteiger partial charge in [-0.25, -0.2) is 26.3 Å². The zero-order chi connectivity index (χ0) is 53.6. The van der Waals surface area contributed by atoms with Crippen LogP contribution in [0.5, 0.6) is 0 Å². The Bertz CT molecular complexity index is 2540. The van der Waals surface area contributed by atoms with Gasteiger partial charge in [-0.05, 0) is 49.9 Å². The Labute approximate surface area is 429 Å². The van der Waals surface area contributed by atoms with E-state index in [0.717, 1.165) is 27.0 Å². The quantitative estimate of drug-likeness (QED) is 0.0323. The fraction of sp³-hybridized carbons (Fsp3) is 0.500. The highest BCUT2D eigenvalue weighted by atomic mass is 32.2. The van der Waals surface area contributed by atoms with Crippen LogP contribution in [0.15, 0.2) is 82.6 Å². The zero-order valence-electron chi connectivity index (χ0n) is 42.3. The molecule has 0 spiro atoms. The van der Waals surface area contributed by atoms with E-state index in [1.807, 2.05) is 74.4 Å². The van der Waals surface area contributed by atoms with Crippen LogP contribution in [0.1, 0.15) is 51.4 Å². The number of rotatable bonds is 36. The third kappa shape index (κ3) is 20.1. The monoisotopic (exact) mass is 1060 g/mol. The standard InChI is InChI=1S/C50H73N9O12S2/c1-55(2)42-21-13-19-40-38(42)17-15-23-44(40)72(68,69)53-27-11-7-5-9-25-51-46(60)33-58(31-29-57(35-48(62)63)30-32-59(36-49(64)65)37-50(66)67)34-47(61)52-26-10-6-8-12-28-54-73(70,71)45-24-16-18-39-41(45)20-14-22-43(39)56(3)4/h13-24,53-54H,5-12,25-37H2,1-4H3,(H,51,60)(H,52,61)(H,62,63)(H,64,65)(H,66,67). The summed E-state index contributed by atoms with van der Waals surface area (Å²) >= 11 is 0. The topological polar surface area (TPSA) is 279 Å². The second-order valence-corrected chi connectivity index (χ2v) is 21.7. The third-order valence-corrected chi connectivity index (χ3v) is 15.0. The number of fused-ring (bicyclic) bond motifs is 2. The predicted octanol–water partition coefficient (Wildman–Crippen LogP) is 2.89. The molecule has 0 saturated heterocycles. The van der Waals surface area contributed by atoms with Crippen LogP contribution in [0, 0.1) is 0 Å². The van der Waals surface area contributed by atoms with Gasteiger partial charge in [-0.2, -0.15) is 0 Å². The smallest absolute Gasteiger partial charge is 0.317 e. The molecule has 402 valence electrons. The van der Waals surface area contributed by atoms with Crippen molar-refractivity contribution in [1.29, 1.82) is 0 Å². The van der Waals surface area contributed by atoms with E-state index in [4.69, 9.17) is 0 Å². The van der Waals surface area contributed by atoms with E-state index >= 15 is 0 Å². The maximum Gasteiger partial charge on any atom is 0.317 e. The first-order valence-electron chi connectivity index (χ1n) is 24.4. The fourth-order valence-corrected chi connectivity index (χ4v) is 11.0. The van der Waals surface area contributed by atoms with E-state index < -0.39 is 57.6 Å². The van der Waals surface area contributed by atoms with E-state index in [1.54, 1.807) is 41.3 Å². The molecular formula is C50H73N9O12S2. The van der Waals surface area contributed by atoms with Crippen molar-refractivity contribution in [1.82, 2.24) is 34.8 Å². The lowest BCUT2D eigenvalue weighted by atomic mass is 10.1. The molecule has 2 amide bonds. The second kappa shape index (κ2) is 29.7. The average Bonchev–Trinajstić information content (AvgIpc) is 3.32. The number of hydrogen-bond acceptors (Lipinski definition) is 14. The summed E-state index contributed by atoms with van der Waals surface area (Å²) in [6.07, 6.45) is 5.18. The molecule has 7 N–H and O–H groups in total. The first kappa shape index (κ1) is 59.6. The predicted molar refractivity (Wildman–Crippen MR) is 282 cm³/mol. The number of carboxylic acids is 3. The number of nitrogens with one attached hydrogen (secondary N) is 4. The Balaban J connectivity index is 1.24. The van der Waals surface area contributed by atoms with Crippen LogP contribution in [0.3, 0.4) is 0 Å². The number of anilines is 2. The highest BCUT2D eigenvalue weighted by Crippen LogP contribution is 2.31. The second-order valence-electron chi connectivity index (χ2n) is 18.2. The summed E-state index contributed by atoms with van der Waals surface area (Å²) < 4.78 is 58.5. The summed E-state index contributed by atoms with van der Waals surface area (Å²) in [6.45, 7) is -0.781. The Morgan fingerprint density at radius 2 is 0.726 bits per heavy atom. The SMILES string of the molecule is CN(C)c1cccc2c(S(=O)(=O)NCCCCCCNC(=O)CN(CCN(CCN(CC(=O)O)CC(=O)O)CC(=O)O)CC(=O)NCCCCCCNS(=O)(=O)c3cccc4c(N(C)C)cccc34)cccc12. The van der Waals surface area contributed by atoms with Crippen molar-refractivity contribution in [2.75, 3.05) is 123 Å². The Morgan fingerprint density at radius 3 is 1.10 bits per heavy atom. The first-order chi connectivity index (χ1) is 34.7. The van der Waals surface area contributed by atoms with Gasteiger partial charge in [0, 0.05) is 113 Å². The number of nitrogens with zero attached hydrogens (tertiary/aromatic N) is 5. The molecule has 0 heterocycles. The minimum absolute atomic E-state index is 0.00352. The van der Waals surface area contributed by atoms with Gasteiger partial charge in [0.15, 0.2) is 0 Å². The zero-order valence-corrected chi connectivity index (χ0v) is 44.0. The molecule has 0 fully saturated rings. The van der Waals surface area contributed by atoms with Crippen LogP contribution in [-0.2, 0) is 44.0 Å². The van der Waals surface area contributed by atoms with Crippen molar-refractivity contribution >= 4 is 82.7 Å². The van der Waals surface area contributed by atoms with Crippen molar-refractivity contribution in [3.63, 3.8) is 0 Å². The van der Waals surface area contributed by atoms with Crippen LogP contribution < -0.4 is 29.9 Å². The van der Waals surface area contributed by atoms with Crippen LogP contribution >= 0.6 is 0 Å². The van der Waals surface area contributed by atoms with E-state index in [9.17, 15) is 56.1 Å². The van der Waals surface area contributed by atoms with Gasteiger partial charge in [-0.3, -0.25) is 38.7 Å². The molecule has 21 nitrogen and oxygen atoms in total. The molecule has 0 radical (unpaired) electrons. The third-order valence-electron chi connectivity index (χ3n) is 12.0. The van der Waals surface area contributed by atoms with Crippen LogP contribution in [-0.4, -0.2) is 190 Å². The van der Waals surface area contributed by atoms with Gasteiger partial charge in [0.1, 0.15) is 0 Å². The first-order valence-corrected chi connectivity index (χ1v) is 27.4. The molecule has 0 atom stereocenters. The number of aliphatic carboxylic acids is 3. The summed E-state index contributed by atoms with van der Waals surface area (Å²) in [5.41, 5.74) is 1.82.